The van der Waals surface area contributed by atoms with Crippen LogP contribution >= 0.6 is 0 Å². The summed E-state index contributed by atoms with van der Waals surface area (Å²) in [5.41, 5.74) is 3.06. The Morgan fingerprint density at radius 1 is 1.12 bits per heavy atom. The molecule has 1 aromatic heterocycles. The van der Waals surface area contributed by atoms with E-state index in [2.05, 4.69) is 15.6 Å². The SMILES string of the molecule is Cc1cccc(C(=O)NC(C)C(=O)Nc2cccc(-n3ccnc3)c2)c1. The van der Waals surface area contributed by atoms with Crippen molar-refractivity contribution < 1.29 is 9.59 Å². The predicted octanol–water partition coefficient (Wildman–Crippen LogP) is 2.94. The maximum Gasteiger partial charge on any atom is 0.251 e. The van der Waals surface area contributed by atoms with E-state index in [0.717, 1.165) is 11.3 Å². The smallest absolute Gasteiger partial charge is 0.251 e. The Hall–Kier alpha value is -3.41. The quantitative estimate of drug-likeness (QED) is 0.744. The molecule has 2 N–H and O–H groups in total. The average molecular weight is 348 g/mol. The molecule has 26 heavy (non-hydrogen) atoms. The number of anilines is 1. The van der Waals surface area contributed by atoms with Crippen LogP contribution in [0.1, 0.15) is 22.8 Å². The van der Waals surface area contributed by atoms with E-state index in [1.54, 1.807) is 37.6 Å². The molecule has 2 aromatic carbocycles. The van der Waals surface area contributed by atoms with Gasteiger partial charge in [-0.3, -0.25) is 9.59 Å². The van der Waals surface area contributed by atoms with Crippen LogP contribution in [-0.4, -0.2) is 27.4 Å². The summed E-state index contributed by atoms with van der Waals surface area (Å²) in [4.78, 5) is 28.7. The minimum atomic E-state index is -0.667. The zero-order chi connectivity index (χ0) is 18.5. The molecule has 0 saturated carbocycles. The average Bonchev–Trinajstić information content (AvgIpc) is 3.16. The molecule has 2 amide bonds. The van der Waals surface area contributed by atoms with Gasteiger partial charge in [0.1, 0.15) is 6.04 Å². The summed E-state index contributed by atoms with van der Waals surface area (Å²) in [5.74, 6) is -0.558. The highest BCUT2D eigenvalue weighted by Gasteiger charge is 2.17. The maximum absolute atomic E-state index is 12.4. The molecule has 0 aliphatic rings. The van der Waals surface area contributed by atoms with Gasteiger partial charge in [-0.25, -0.2) is 4.98 Å². The second-order valence-electron chi connectivity index (χ2n) is 6.07. The van der Waals surface area contributed by atoms with Crippen LogP contribution in [0.4, 0.5) is 5.69 Å². The number of carbonyl (C=O) groups is 2. The summed E-state index contributed by atoms with van der Waals surface area (Å²) >= 11 is 0. The molecule has 0 aliphatic carbocycles. The molecule has 6 nitrogen and oxygen atoms in total. The van der Waals surface area contributed by atoms with Crippen molar-refractivity contribution in [1.82, 2.24) is 14.9 Å². The molecule has 3 rings (SSSR count). The fraction of sp³-hybridized carbons (Fsp3) is 0.150. The van der Waals surface area contributed by atoms with Crippen molar-refractivity contribution in [3.63, 3.8) is 0 Å². The Morgan fingerprint density at radius 3 is 2.65 bits per heavy atom. The summed E-state index contributed by atoms with van der Waals surface area (Å²) in [6.07, 6.45) is 5.20. The van der Waals surface area contributed by atoms with E-state index >= 15 is 0 Å². The number of aryl methyl sites for hydroxylation is 1. The van der Waals surface area contributed by atoms with Crippen molar-refractivity contribution in [1.29, 1.82) is 0 Å². The van der Waals surface area contributed by atoms with Gasteiger partial charge in [-0.15, -0.1) is 0 Å². The maximum atomic E-state index is 12.4. The van der Waals surface area contributed by atoms with Gasteiger partial charge in [-0.1, -0.05) is 23.8 Å². The molecule has 0 aliphatic heterocycles. The minimum absolute atomic E-state index is 0.275. The molecule has 0 saturated heterocycles. The van der Waals surface area contributed by atoms with E-state index in [-0.39, 0.29) is 11.8 Å². The Bertz CT molecular complexity index is 919. The number of aromatic nitrogens is 2. The number of hydrogen-bond donors (Lipinski definition) is 2. The molecule has 1 atom stereocenters. The first-order valence-electron chi connectivity index (χ1n) is 8.30. The first-order chi connectivity index (χ1) is 12.5. The topological polar surface area (TPSA) is 76.0 Å². The van der Waals surface area contributed by atoms with Crippen molar-refractivity contribution >= 4 is 17.5 Å². The third-order valence-corrected chi connectivity index (χ3v) is 3.94. The number of nitrogens with zero attached hydrogens (tertiary/aromatic N) is 2. The van der Waals surface area contributed by atoms with Crippen LogP contribution in [0.5, 0.6) is 0 Å². The van der Waals surface area contributed by atoms with Crippen molar-refractivity contribution in [2.75, 3.05) is 5.32 Å². The normalized spacial score (nSPS) is 11.6. The van der Waals surface area contributed by atoms with Crippen LogP contribution in [0.15, 0.2) is 67.3 Å². The molecule has 3 aromatic rings. The van der Waals surface area contributed by atoms with Crippen LogP contribution in [0.2, 0.25) is 0 Å². The summed E-state index contributed by atoms with van der Waals surface area (Å²) in [6.45, 7) is 3.57. The number of nitrogens with one attached hydrogen (secondary N) is 2. The number of rotatable bonds is 5. The fourth-order valence-corrected chi connectivity index (χ4v) is 2.54. The van der Waals surface area contributed by atoms with Gasteiger partial charge in [-0.05, 0) is 44.2 Å². The van der Waals surface area contributed by atoms with Crippen molar-refractivity contribution in [3.05, 3.63) is 78.4 Å². The highest BCUT2D eigenvalue weighted by atomic mass is 16.2. The number of amides is 2. The Kier molecular flexibility index (Phi) is 5.12. The van der Waals surface area contributed by atoms with Gasteiger partial charge in [0.2, 0.25) is 5.91 Å². The van der Waals surface area contributed by atoms with E-state index in [0.29, 0.717) is 11.3 Å². The first-order valence-corrected chi connectivity index (χ1v) is 8.30. The minimum Gasteiger partial charge on any atom is -0.341 e. The summed E-state index contributed by atoms with van der Waals surface area (Å²) < 4.78 is 1.85. The van der Waals surface area contributed by atoms with Crippen LogP contribution in [0, 0.1) is 6.92 Å². The van der Waals surface area contributed by atoms with Crippen molar-refractivity contribution in [3.8, 4) is 5.69 Å². The molecule has 0 fully saturated rings. The van der Waals surface area contributed by atoms with E-state index in [9.17, 15) is 9.59 Å². The van der Waals surface area contributed by atoms with E-state index in [4.69, 9.17) is 0 Å². The standard InChI is InChI=1S/C20H20N4O2/c1-14-5-3-6-16(11-14)20(26)22-15(2)19(25)23-17-7-4-8-18(12-17)24-10-9-21-13-24/h3-13,15H,1-2H3,(H,22,26)(H,23,25). The number of benzene rings is 2. The molecule has 0 radical (unpaired) electrons. The second-order valence-corrected chi connectivity index (χ2v) is 6.07. The molecule has 132 valence electrons. The van der Waals surface area contributed by atoms with Gasteiger partial charge in [0.15, 0.2) is 0 Å². The van der Waals surface area contributed by atoms with Crippen LogP contribution in [0.25, 0.3) is 5.69 Å². The largest absolute Gasteiger partial charge is 0.341 e. The van der Waals surface area contributed by atoms with E-state index < -0.39 is 6.04 Å². The number of imidazole rings is 1. The summed E-state index contributed by atoms with van der Waals surface area (Å²) in [5, 5.41) is 5.54. The number of carbonyl (C=O) groups excluding carboxylic acids is 2. The lowest BCUT2D eigenvalue weighted by Gasteiger charge is -2.15. The van der Waals surface area contributed by atoms with Gasteiger partial charge in [0, 0.05) is 29.3 Å². The van der Waals surface area contributed by atoms with Crippen LogP contribution in [-0.2, 0) is 4.79 Å². The van der Waals surface area contributed by atoms with Crippen LogP contribution < -0.4 is 10.6 Å². The lowest BCUT2D eigenvalue weighted by molar-refractivity contribution is -0.117. The summed E-state index contributed by atoms with van der Waals surface area (Å²) in [7, 11) is 0. The Balaban J connectivity index is 1.64. The Morgan fingerprint density at radius 2 is 1.92 bits per heavy atom. The first kappa shape index (κ1) is 17.4. The van der Waals surface area contributed by atoms with Gasteiger partial charge < -0.3 is 15.2 Å². The zero-order valence-corrected chi connectivity index (χ0v) is 14.6. The number of hydrogen-bond acceptors (Lipinski definition) is 3. The molecular formula is C20H20N4O2. The highest BCUT2D eigenvalue weighted by molar-refractivity contribution is 6.01. The monoisotopic (exact) mass is 348 g/mol. The fourth-order valence-electron chi connectivity index (χ4n) is 2.54. The molecule has 1 heterocycles. The van der Waals surface area contributed by atoms with Crippen molar-refractivity contribution in [2.24, 2.45) is 0 Å². The molecule has 1 unspecified atom stereocenters. The van der Waals surface area contributed by atoms with E-state index in [1.165, 1.54) is 0 Å². The molecule has 6 heteroatoms. The van der Waals surface area contributed by atoms with Crippen molar-refractivity contribution in [2.45, 2.75) is 19.9 Å². The van der Waals surface area contributed by atoms with Gasteiger partial charge >= 0.3 is 0 Å². The zero-order valence-electron chi connectivity index (χ0n) is 14.6. The Labute approximate surface area is 151 Å². The second kappa shape index (κ2) is 7.65. The van der Waals surface area contributed by atoms with Gasteiger partial charge in [0.05, 0.1) is 6.33 Å². The third-order valence-electron chi connectivity index (χ3n) is 3.94. The predicted molar refractivity (Wildman–Crippen MR) is 100 cm³/mol. The summed E-state index contributed by atoms with van der Waals surface area (Å²) in [6, 6.07) is 14.0. The van der Waals surface area contributed by atoms with Gasteiger partial charge in [0.25, 0.3) is 5.91 Å². The van der Waals surface area contributed by atoms with Crippen LogP contribution in [0.3, 0.4) is 0 Å². The van der Waals surface area contributed by atoms with Gasteiger partial charge in [-0.2, -0.15) is 0 Å². The molecular weight excluding hydrogens is 328 g/mol. The third kappa shape index (κ3) is 4.16. The highest BCUT2D eigenvalue weighted by Crippen LogP contribution is 2.14. The lowest BCUT2D eigenvalue weighted by atomic mass is 10.1. The lowest BCUT2D eigenvalue weighted by Crippen LogP contribution is -2.41. The molecule has 0 spiro atoms. The van der Waals surface area contributed by atoms with E-state index in [1.807, 2.05) is 48.0 Å². The molecule has 0 bridgehead atoms.